The van der Waals surface area contributed by atoms with Gasteiger partial charge in [0.05, 0.1) is 11.6 Å². The highest BCUT2D eigenvalue weighted by Crippen LogP contribution is 2.59. The molecule has 6 heteroatoms. The molecule has 0 saturated heterocycles. The largest absolute Gasteiger partial charge is 0.481 e. The first-order valence-electron chi connectivity index (χ1n) is 7.00. The number of halogens is 1. The Balaban J connectivity index is 2.13. The first kappa shape index (κ1) is 14.3. The summed E-state index contributed by atoms with van der Waals surface area (Å²) in [6, 6.07) is 0. The maximum absolute atomic E-state index is 11.7. The van der Waals surface area contributed by atoms with Crippen LogP contribution in [0.3, 0.4) is 0 Å². The molecule has 0 aliphatic heterocycles. The lowest BCUT2D eigenvalue weighted by atomic mass is 9.65. The molecule has 2 aromatic rings. The predicted octanol–water partition coefficient (Wildman–Crippen LogP) is 3.38. The fourth-order valence-corrected chi connectivity index (χ4v) is 3.71. The van der Waals surface area contributed by atoms with Crippen LogP contribution in [0.15, 0.2) is 18.6 Å². The second-order valence-corrected chi connectivity index (χ2v) is 6.90. The monoisotopic (exact) mass is 307 g/mol. The van der Waals surface area contributed by atoms with Gasteiger partial charge >= 0.3 is 5.97 Å². The Morgan fingerprint density at radius 3 is 2.76 bits per heavy atom. The number of aromatic nitrogens is 3. The van der Waals surface area contributed by atoms with Crippen LogP contribution in [0.4, 0.5) is 0 Å². The van der Waals surface area contributed by atoms with Crippen molar-refractivity contribution in [3.8, 4) is 0 Å². The van der Waals surface area contributed by atoms with E-state index in [1.807, 2.05) is 31.4 Å². The highest BCUT2D eigenvalue weighted by Gasteiger charge is 2.57. The molecule has 1 N–H and O–H groups in total. The topological polar surface area (TPSA) is 67.5 Å². The lowest BCUT2D eigenvalue weighted by molar-refractivity contribution is -0.153. The predicted molar refractivity (Wildman–Crippen MR) is 79.5 cm³/mol. The Labute approximate surface area is 128 Å². The normalized spacial score (nSPS) is 28.1. The summed E-state index contributed by atoms with van der Waals surface area (Å²) in [4.78, 5) is 20.3. The number of carboxylic acids is 1. The van der Waals surface area contributed by atoms with Gasteiger partial charge in [-0.25, -0.2) is 9.97 Å². The molecule has 1 fully saturated rings. The van der Waals surface area contributed by atoms with E-state index in [0.29, 0.717) is 11.6 Å². The van der Waals surface area contributed by atoms with Gasteiger partial charge in [0.15, 0.2) is 5.15 Å². The minimum absolute atomic E-state index is 0.0690. The van der Waals surface area contributed by atoms with Crippen molar-refractivity contribution in [1.82, 2.24) is 14.4 Å². The van der Waals surface area contributed by atoms with E-state index >= 15 is 0 Å². The molecule has 1 saturated carbocycles. The van der Waals surface area contributed by atoms with Crippen LogP contribution in [0, 0.1) is 10.8 Å². The number of fused-ring (bicyclic) bond motifs is 1. The number of nitrogens with zero attached hydrogens (tertiary/aromatic N) is 3. The number of imidazole rings is 1. The second kappa shape index (κ2) is 4.44. The standard InChI is InChI=1S/C15H18ClN3O2/c1-14(2)9(4-5-15(14,3)13(20)21)12-18-8-10-11(16)17-6-7-19(10)12/h6-9H,4-5H2,1-3H3,(H,20,21). The van der Waals surface area contributed by atoms with Gasteiger partial charge in [0.1, 0.15) is 11.3 Å². The van der Waals surface area contributed by atoms with E-state index in [2.05, 4.69) is 9.97 Å². The molecule has 0 aromatic carbocycles. The van der Waals surface area contributed by atoms with E-state index in [4.69, 9.17) is 11.6 Å². The zero-order valence-corrected chi connectivity index (χ0v) is 13.1. The second-order valence-electron chi connectivity index (χ2n) is 6.54. The lowest BCUT2D eigenvalue weighted by Crippen LogP contribution is -2.40. The Morgan fingerprint density at radius 1 is 1.43 bits per heavy atom. The van der Waals surface area contributed by atoms with Crippen molar-refractivity contribution in [2.45, 2.75) is 39.5 Å². The van der Waals surface area contributed by atoms with E-state index in [1.54, 1.807) is 12.4 Å². The number of rotatable bonds is 2. The molecule has 0 bridgehead atoms. The third-order valence-corrected chi connectivity index (χ3v) is 5.74. The van der Waals surface area contributed by atoms with Gasteiger partial charge in [0.2, 0.25) is 0 Å². The van der Waals surface area contributed by atoms with Gasteiger partial charge in [-0.15, -0.1) is 0 Å². The van der Waals surface area contributed by atoms with Crippen LogP contribution in [-0.4, -0.2) is 25.4 Å². The van der Waals surface area contributed by atoms with Gasteiger partial charge in [-0.2, -0.15) is 0 Å². The Kier molecular flexibility index (Phi) is 3.03. The van der Waals surface area contributed by atoms with E-state index in [1.165, 1.54) is 0 Å². The van der Waals surface area contributed by atoms with Gasteiger partial charge in [0, 0.05) is 18.3 Å². The van der Waals surface area contributed by atoms with Gasteiger partial charge in [-0.1, -0.05) is 25.4 Å². The van der Waals surface area contributed by atoms with Crippen molar-refractivity contribution < 1.29 is 9.90 Å². The average molecular weight is 308 g/mol. The zero-order valence-electron chi connectivity index (χ0n) is 12.3. The van der Waals surface area contributed by atoms with Gasteiger partial charge in [0.25, 0.3) is 0 Å². The van der Waals surface area contributed by atoms with Crippen LogP contribution in [0.25, 0.3) is 5.52 Å². The molecule has 2 heterocycles. The van der Waals surface area contributed by atoms with Gasteiger partial charge in [-0.05, 0) is 25.2 Å². The highest BCUT2D eigenvalue weighted by atomic mass is 35.5. The Hall–Kier alpha value is -1.62. The Morgan fingerprint density at radius 2 is 2.14 bits per heavy atom. The molecule has 112 valence electrons. The van der Waals surface area contributed by atoms with E-state index in [9.17, 15) is 9.90 Å². The number of aliphatic carboxylic acids is 1. The maximum atomic E-state index is 11.7. The molecule has 2 atom stereocenters. The van der Waals surface area contributed by atoms with Crippen LogP contribution in [0.2, 0.25) is 5.15 Å². The summed E-state index contributed by atoms with van der Waals surface area (Å²) >= 11 is 6.09. The molecule has 21 heavy (non-hydrogen) atoms. The summed E-state index contributed by atoms with van der Waals surface area (Å²) in [6.07, 6.45) is 6.62. The van der Waals surface area contributed by atoms with Crippen molar-refractivity contribution in [1.29, 1.82) is 0 Å². The third kappa shape index (κ3) is 1.80. The third-order valence-electron chi connectivity index (χ3n) is 5.45. The summed E-state index contributed by atoms with van der Waals surface area (Å²) in [7, 11) is 0. The molecule has 1 aliphatic carbocycles. The van der Waals surface area contributed by atoms with E-state index in [-0.39, 0.29) is 5.92 Å². The number of carbonyl (C=O) groups is 1. The van der Waals surface area contributed by atoms with Gasteiger partial charge < -0.3 is 5.11 Å². The van der Waals surface area contributed by atoms with Crippen molar-refractivity contribution >= 4 is 23.1 Å². The maximum Gasteiger partial charge on any atom is 0.309 e. The summed E-state index contributed by atoms with van der Waals surface area (Å²) in [6.45, 7) is 5.87. The van der Waals surface area contributed by atoms with Crippen LogP contribution >= 0.6 is 11.6 Å². The molecule has 2 aromatic heterocycles. The molecule has 0 spiro atoms. The van der Waals surface area contributed by atoms with Crippen LogP contribution in [0.5, 0.6) is 0 Å². The molecular formula is C15H18ClN3O2. The first-order chi connectivity index (χ1) is 9.79. The number of hydrogen-bond donors (Lipinski definition) is 1. The summed E-state index contributed by atoms with van der Waals surface area (Å²) in [5.74, 6) is 0.194. The highest BCUT2D eigenvalue weighted by molar-refractivity contribution is 6.32. The SMILES string of the molecule is CC1(C(=O)O)CCC(c2ncc3c(Cl)nccn23)C1(C)C. The molecule has 3 rings (SSSR count). The zero-order chi connectivity index (χ0) is 15.4. The minimum atomic E-state index is -0.750. The van der Waals surface area contributed by atoms with Crippen molar-refractivity contribution in [3.05, 3.63) is 29.6 Å². The average Bonchev–Trinajstić information content (AvgIpc) is 2.92. The quantitative estimate of drug-likeness (QED) is 0.923. The van der Waals surface area contributed by atoms with Gasteiger partial charge in [-0.3, -0.25) is 9.20 Å². The van der Waals surface area contributed by atoms with Crippen molar-refractivity contribution in [2.24, 2.45) is 10.8 Å². The van der Waals surface area contributed by atoms with Crippen molar-refractivity contribution in [2.75, 3.05) is 0 Å². The fourth-order valence-electron chi connectivity index (χ4n) is 3.51. The molecule has 1 aliphatic rings. The molecule has 2 unspecified atom stereocenters. The van der Waals surface area contributed by atoms with Crippen LogP contribution in [0.1, 0.15) is 45.4 Å². The lowest BCUT2D eigenvalue weighted by Gasteiger charge is -2.38. The Bertz CT molecular complexity index is 725. The summed E-state index contributed by atoms with van der Waals surface area (Å²) < 4.78 is 1.93. The van der Waals surface area contributed by atoms with Crippen molar-refractivity contribution in [3.63, 3.8) is 0 Å². The molecule has 0 amide bonds. The minimum Gasteiger partial charge on any atom is -0.481 e. The summed E-state index contributed by atoms with van der Waals surface area (Å²) in [5.41, 5.74) is -0.384. The van der Waals surface area contributed by atoms with Crippen LogP contribution in [-0.2, 0) is 4.79 Å². The summed E-state index contributed by atoms with van der Waals surface area (Å²) in [5, 5.41) is 10.0. The molecular weight excluding hydrogens is 290 g/mol. The smallest absolute Gasteiger partial charge is 0.309 e. The molecule has 0 radical (unpaired) electrons. The fraction of sp³-hybridized carbons (Fsp3) is 0.533. The number of carboxylic acid groups (broad SMARTS) is 1. The van der Waals surface area contributed by atoms with E-state index in [0.717, 1.165) is 17.8 Å². The molecule has 5 nitrogen and oxygen atoms in total. The van der Waals surface area contributed by atoms with Crippen LogP contribution < -0.4 is 0 Å². The first-order valence-corrected chi connectivity index (χ1v) is 7.37. The van der Waals surface area contributed by atoms with E-state index < -0.39 is 16.8 Å². The number of hydrogen-bond acceptors (Lipinski definition) is 3.